The fraction of sp³-hybridized carbons (Fsp3) is 0.412. The highest BCUT2D eigenvalue weighted by molar-refractivity contribution is 5.66. The second-order valence-electron chi connectivity index (χ2n) is 5.19. The summed E-state index contributed by atoms with van der Waals surface area (Å²) in [6.45, 7) is 4.96. The van der Waals surface area contributed by atoms with E-state index in [1.165, 1.54) is 0 Å². The lowest BCUT2D eigenvalue weighted by molar-refractivity contribution is 0.405. The molecule has 6 heteroatoms. The van der Waals surface area contributed by atoms with Gasteiger partial charge in [0.15, 0.2) is 0 Å². The summed E-state index contributed by atoms with van der Waals surface area (Å²) < 4.78 is 10.6. The summed E-state index contributed by atoms with van der Waals surface area (Å²) in [7, 11) is 3.27. The third-order valence-electron chi connectivity index (χ3n) is 3.34. The molecule has 23 heavy (non-hydrogen) atoms. The van der Waals surface area contributed by atoms with Gasteiger partial charge in [0, 0.05) is 24.4 Å². The van der Waals surface area contributed by atoms with Crippen molar-refractivity contribution in [3.63, 3.8) is 0 Å². The Labute approximate surface area is 137 Å². The molecule has 0 aliphatic carbocycles. The van der Waals surface area contributed by atoms with Gasteiger partial charge in [-0.2, -0.15) is 4.98 Å². The highest BCUT2D eigenvalue weighted by Crippen LogP contribution is 2.31. The SMILES string of the molecule is CCCCNc1nc(C)cc(Nc2cc(OC)ccc2OC)n1. The van der Waals surface area contributed by atoms with Crippen LogP contribution in [-0.4, -0.2) is 30.7 Å². The zero-order valence-electron chi connectivity index (χ0n) is 14.1. The van der Waals surface area contributed by atoms with Gasteiger partial charge >= 0.3 is 0 Å². The van der Waals surface area contributed by atoms with E-state index in [1.807, 2.05) is 31.2 Å². The molecular weight excluding hydrogens is 292 g/mol. The van der Waals surface area contributed by atoms with Gasteiger partial charge in [-0.3, -0.25) is 0 Å². The lowest BCUT2D eigenvalue weighted by atomic mass is 10.2. The number of benzene rings is 1. The Kier molecular flexibility index (Phi) is 6.02. The van der Waals surface area contributed by atoms with Crippen molar-refractivity contribution < 1.29 is 9.47 Å². The van der Waals surface area contributed by atoms with Gasteiger partial charge in [0.25, 0.3) is 0 Å². The van der Waals surface area contributed by atoms with Crippen molar-refractivity contribution in [2.24, 2.45) is 0 Å². The Morgan fingerprint density at radius 1 is 1.09 bits per heavy atom. The number of unbranched alkanes of at least 4 members (excludes halogenated alkanes) is 1. The van der Waals surface area contributed by atoms with Gasteiger partial charge in [-0.05, 0) is 25.5 Å². The molecule has 0 fully saturated rings. The molecule has 0 bridgehead atoms. The van der Waals surface area contributed by atoms with Gasteiger partial charge in [-0.1, -0.05) is 13.3 Å². The first-order valence-electron chi connectivity index (χ1n) is 7.75. The number of hydrogen-bond acceptors (Lipinski definition) is 6. The molecule has 0 unspecified atom stereocenters. The van der Waals surface area contributed by atoms with Crippen LogP contribution in [0.3, 0.4) is 0 Å². The van der Waals surface area contributed by atoms with E-state index >= 15 is 0 Å². The van der Waals surface area contributed by atoms with E-state index in [0.717, 1.165) is 42.3 Å². The van der Waals surface area contributed by atoms with E-state index in [1.54, 1.807) is 14.2 Å². The summed E-state index contributed by atoms with van der Waals surface area (Å²) in [6.07, 6.45) is 2.22. The van der Waals surface area contributed by atoms with Gasteiger partial charge in [-0.15, -0.1) is 0 Å². The normalized spacial score (nSPS) is 10.3. The molecule has 0 spiro atoms. The number of nitrogens with zero attached hydrogens (tertiary/aromatic N) is 2. The zero-order chi connectivity index (χ0) is 16.7. The standard InChI is InChI=1S/C17H24N4O2/c1-5-6-9-18-17-19-12(2)10-16(21-17)20-14-11-13(22-3)7-8-15(14)23-4/h7-8,10-11H,5-6,9H2,1-4H3,(H2,18,19,20,21). The van der Waals surface area contributed by atoms with Crippen LogP contribution in [0.4, 0.5) is 17.5 Å². The van der Waals surface area contributed by atoms with Gasteiger partial charge in [-0.25, -0.2) is 4.98 Å². The van der Waals surface area contributed by atoms with Crippen molar-refractivity contribution in [1.82, 2.24) is 9.97 Å². The van der Waals surface area contributed by atoms with Crippen molar-refractivity contribution >= 4 is 17.5 Å². The van der Waals surface area contributed by atoms with Crippen molar-refractivity contribution in [2.75, 3.05) is 31.4 Å². The summed E-state index contributed by atoms with van der Waals surface area (Å²) in [5, 5.41) is 6.52. The predicted octanol–water partition coefficient (Wildman–Crippen LogP) is 3.76. The molecule has 2 aromatic rings. The fourth-order valence-corrected chi connectivity index (χ4v) is 2.14. The van der Waals surface area contributed by atoms with E-state index in [-0.39, 0.29) is 0 Å². The number of ether oxygens (including phenoxy) is 2. The second kappa shape index (κ2) is 8.22. The van der Waals surface area contributed by atoms with Crippen LogP contribution in [-0.2, 0) is 0 Å². The first-order valence-corrected chi connectivity index (χ1v) is 7.75. The first kappa shape index (κ1) is 16.9. The van der Waals surface area contributed by atoms with E-state index in [0.29, 0.717) is 11.8 Å². The molecule has 6 nitrogen and oxygen atoms in total. The molecule has 0 aliphatic rings. The Bertz CT molecular complexity index is 646. The summed E-state index contributed by atoms with van der Waals surface area (Å²) >= 11 is 0. The Morgan fingerprint density at radius 3 is 2.61 bits per heavy atom. The molecule has 0 saturated carbocycles. The molecule has 1 heterocycles. The van der Waals surface area contributed by atoms with Crippen LogP contribution in [0.1, 0.15) is 25.5 Å². The molecule has 2 N–H and O–H groups in total. The van der Waals surface area contributed by atoms with Crippen LogP contribution in [0, 0.1) is 6.92 Å². The van der Waals surface area contributed by atoms with E-state index in [4.69, 9.17) is 9.47 Å². The van der Waals surface area contributed by atoms with Gasteiger partial charge in [0.2, 0.25) is 5.95 Å². The van der Waals surface area contributed by atoms with Crippen molar-refractivity contribution in [3.8, 4) is 11.5 Å². The van der Waals surface area contributed by atoms with E-state index in [9.17, 15) is 0 Å². The Morgan fingerprint density at radius 2 is 1.91 bits per heavy atom. The first-order chi connectivity index (χ1) is 11.2. The zero-order valence-corrected chi connectivity index (χ0v) is 14.1. The minimum absolute atomic E-state index is 0.628. The Hall–Kier alpha value is -2.50. The third kappa shape index (κ3) is 4.74. The van der Waals surface area contributed by atoms with Crippen LogP contribution in [0.5, 0.6) is 11.5 Å². The summed E-state index contributed by atoms with van der Waals surface area (Å²) in [5.41, 5.74) is 1.69. The van der Waals surface area contributed by atoms with Gasteiger partial charge in [0.1, 0.15) is 17.3 Å². The Balaban J connectivity index is 2.22. The van der Waals surface area contributed by atoms with Crippen LogP contribution in [0.25, 0.3) is 0 Å². The van der Waals surface area contributed by atoms with Crippen LogP contribution in [0.15, 0.2) is 24.3 Å². The summed E-state index contributed by atoms with van der Waals surface area (Å²) in [4.78, 5) is 8.91. The molecule has 0 aliphatic heterocycles. The number of rotatable bonds is 8. The lowest BCUT2D eigenvalue weighted by Gasteiger charge is -2.13. The molecule has 1 aromatic heterocycles. The molecule has 0 radical (unpaired) electrons. The second-order valence-corrected chi connectivity index (χ2v) is 5.19. The molecule has 0 amide bonds. The number of aromatic nitrogens is 2. The predicted molar refractivity (Wildman–Crippen MR) is 93.0 cm³/mol. The maximum Gasteiger partial charge on any atom is 0.224 e. The lowest BCUT2D eigenvalue weighted by Crippen LogP contribution is -2.07. The maximum absolute atomic E-state index is 5.38. The maximum atomic E-state index is 5.38. The minimum Gasteiger partial charge on any atom is -0.497 e. The fourth-order valence-electron chi connectivity index (χ4n) is 2.14. The highest BCUT2D eigenvalue weighted by Gasteiger charge is 2.08. The smallest absolute Gasteiger partial charge is 0.224 e. The van der Waals surface area contributed by atoms with Gasteiger partial charge < -0.3 is 20.1 Å². The van der Waals surface area contributed by atoms with Crippen LogP contribution in [0.2, 0.25) is 0 Å². The van der Waals surface area contributed by atoms with Crippen molar-refractivity contribution in [1.29, 1.82) is 0 Å². The largest absolute Gasteiger partial charge is 0.497 e. The molecular formula is C17H24N4O2. The monoisotopic (exact) mass is 316 g/mol. The van der Waals surface area contributed by atoms with E-state index < -0.39 is 0 Å². The number of anilines is 3. The molecule has 124 valence electrons. The van der Waals surface area contributed by atoms with E-state index in [2.05, 4.69) is 27.5 Å². The van der Waals surface area contributed by atoms with Crippen molar-refractivity contribution in [2.45, 2.75) is 26.7 Å². The average molecular weight is 316 g/mol. The summed E-state index contributed by atoms with van der Waals surface area (Å²) in [5.74, 6) is 2.81. The number of aryl methyl sites for hydroxylation is 1. The third-order valence-corrected chi connectivity index (χ3v) is 3.34. The highest BCUT2D eigenvalue weighted by atomic mass is 16.5. The van der Waals surface area contributed by atoms with Crippen molar-refractivity contribution in [3.05, 3.63) is 30.0 Å². The minimum atomic E-state index is 0.628. The summed E-state index contributed by atoms with van der Waals surface area (Å²) in [6, 6.07) is 7.48. The molecule has 1 aromatic carbocycles. The van der Waals surface area contributed by atoms with Gasteiger partial charge in [0.05, 0.1) is 19.9 Å². The molecule has 0 atom stereocenters. The number of hydrogen-bond donors (Lipinski definition) is 2. The number of methoxy groups -OCH3 is 2. The molecule has 2 rings (SSSR count). The van der Waals surface area contributed by atoms with Crippen LogP contribution >= 0.6 is 0 Å². The quantitative estimate of drug-likeness (QED) is 0.723. The number of nitrogens with one attached hydrogen (secondary N) is 2. The van der Waals surface area contributed by atoms with Crippen LogP contribution < -0.4 is 20.1 Å². The average Bonchev–Trinajstić information content (AvgIpc) is 2.54. The molecule has 0 saturated heterocycles. The topological polar surface area (TPSA) is 68.3 Å².